The summed E-state index contributed by atoms with van der Waals surface area (Å²) in [5, 5.41) is 3.18. The lowest BCUT2D eigenvalue weighted by atomic mass is 9.81. The normalized spacial score (nSPS) is 25.7. The minimum Gasteiger partial charge on any atom is -0.497 e. The quantitative estimate of drug-likeness (QED) is 0.885. The number of carbonyl (C=O) groups excluding carboxylic acids is 2. The summed E-state index contributed by atoms with van der Waals surface area (Å²) in [4.78, 5) is 29.3. The maximum atomic E-state index is 13.1. The summed E-state index contributed by atoms with van der Waals surface area (Å²) < 4.78 is 5.36. The summed E-state index contributed by atoms with van der Waals surface area (Å²) in [5.74, 6) is 0.824. The zero-order valence-electron chi connectivity index (χ0n) is 15.6. The lowest BCUT2D eigenvalue weighted by Gasteiger charge is -2.27. The van der Waals surface area contributed by atoms with Crippen LogP contribution in [0.4, 0.5) is 10.5 Å². The van der Waals surface area contributed by atoms with Gasteiger partial charge >= 0.3 is 6.03 Å². The van der Waals surface area contributed by atoms with Crippen LogP contribution in [-0.2, 0) is 10.2 Å². The fourth-order valence-electron chi connectivity index (χ4n) is 4.75. The molecule has 1 aliphatic carbocycles. The molecular formula is C20H27N3O3. The van der Waals surface area contributed by atoms with E-state index in [4.69, 9.17) is 4.74 Å². The number of anilines is 1. The zero-order chi connectivity index (χ0) is 18.3. The standard InChI is InChI=1S/C20H27N3O3/c1-22-17-9-8-15(26-2)12-16(17)20(18(22)24)10-11-23(13-20)19(25)21-14-6-4-3-5-7-14/h8-9,12,14H,3-7,10-11,13H2,1-2H3,(H,21,25). The number of carbonyl (C=O) groups is 2. The molecule has 2 fully saturated rings. The van der Waals surface area contributed by atoms with Gasteiger partial charge in [-0.05, 0) is 43.0 Å². The maximum absolute atomic E-state index is 13.1. The van der Waals surface area contributed by atoms with Gasteiger partial charge in [0.1, 0.15) is 5.75 Å². The molecule has 2 aliphatic heterocycles. The number of fused-ring (bicyclic) bond motifs is 2. The van der Waals surface area contributed by atoms with E-state index < -0.39 is 5.41 Å². The van der Waals surface area contributed by atoms with Gasteiger partial charge in [-0.3, -0.25) is 4.79 Å². The number of amides is 3. The average molecular weight is 357 g/mol. The monoisotopic (exact) mass is 357 g/mol. The molecule has 0 aromatic heterocycles. The van der Waals surface area contributed by atoms with E-state index in [1.807, 2.05) is 30.1 Å². The Hall–Kier alpha value is -2.24. The molecular weight excluding hydrogens is 330 g/mol. The van der Waals surface area contributed by atoms with Crippen molar-refractivity contribution in [2.45, 2.75) is 50.0 Å². The number of nitrogens with one attached hydrogen (secondary N) is 1. The molecule has 1 aromatic carbocycles. The molecule has 4 rings (SSSR count). The number of hydrogen-bond donors (Lipinski definition) is 1. The van der Waals surface area contributed by atoms with Crippen LogP contribution in [0.2, 0.25) is 0 Å². The second kappa shape index (κ2) is 6.49. The molecule has 0 radical (unpaired) electrons. The second-order valence-electron chi connectivity index (χ2n) is 7.79. The summed E-state index contributed by atoms with van der Waals surface area (Å²) in [6, 6.07) is 6.03. The highest BCUT2D eigenvalue weighted by molar-refractivity contribution is 6.08. The average Bonchev–Trinajstić information content (AvgIpc) is 3.20. The van der Waals surface area contributed by atoms with Crippen LogP contribution in [0.25, 0.3) is 0 Å². The number of ether oxygens (including phenoxy) is 1. The smallest absolute Gasteiger partial charge is 0.317 e. The third-order valence-corrected chi connectivity index (χ3v) is 6.28. The lowest BCUT2D eigenvalue weighted by Crippen LogP contribution is -2.47. The lowest BCUT2D eigenvalue weighted by molar-refractivity contribution is -0.122. The minimum absolute atomic E-state index is 0.0272. The predicted octanol–water partition coefficient (Wildman–Crippen LogP) is 2.66. The highest BCUT2D eigenvalue weighted by Gasteiger charge is 2.54. The Morgan fingerprint density at radius 1 is 1.27 bits per heavy atom. The van der Waals surface area contributed by atoms with Crippen molar-refractivity contribution in [2.75, 3.05) is 32.1 Å². The number of nitrogens with zero attached hydrogens (tertiary/aromatic N) is 2. The Morgan fingerprint density at radius 3 is 2.77 bits per heavy atom. The van der Waals surface area contributed by atoms with Crippen LogP contribution < -0.4 is 15.0 Å². The first-order chi connectivity index (χ1) is 12.5. The number of hydrogen-bond acceptors (Lipinski definition) is 3. The number of likely N-dealkylation sites (N-methyl/N-ethyl adjacent to an activating group) is 1. The summed E-state index contributed by atoms with van der Waals surface area (Å²) >= 11 is 0. The van der Waals surface area contributed by atoms with Crippen LogP contribution in [0, 0.1) is 0 Å². The molecule has 0 bridgehead atoms. The number of rotatable bonds is 2. The SMILES string of the molecule is COc1ccc2c(c1)C1(CCN(C(=O)NC3CCCCC3)C1)C(=O)N2C. The Balaban J connectivity index is 1.55. The molecule has 6 heteroatoms. The molecule has 1 aromatic rings. The molecule has 1 saturated carbocycles. The number of likely N-dealkylation sites (tertiary alicyclic amines) is 1. The highest BCUT2D eigenvalue weighted by atomic mass is 16.5. The summed E-state index contributed by atoms with van der Waals surface area (Å²) in [5.41, 5.74) is 1.27. The van der Waals surface area contributed by atoms with E-state index in [0.717, 1.165) is 29.8 Å². The molecule has 140 valence electrons. The van der Waals surface area contributed by atoms with Gasteiger partial charge in [0.25, 0.3) is 0 Å². The van der Waals surface area contributed by atoms with Crippen molar-refractivity contribution in [1.82, 2.24) is 10.2 Å². The van der Waals surface area contributed by atoms with Crippen LogP contribution >= 0.6 is 0 Å². The van der Waals surface area contributed by atoms with E-state index in [1.54, 1.807) is 12.0 Å². The number of benzene rings is 1. The van der Waals surface area contributed by atoms with Gasteiger partial charge in [0.2, 0.25) is 5.91 Å². The van der Waals surface area contributed by atoms with E-state index in [0.29, 0.717) is 19.5 Å². The summed E-state index contributed by atoms with van der Waals surface area (Å²) in [6.07, 6.45) is 6.42. The third kappa shape index (κ3) is 2.63. The van der Waals surface area contributed by atoms with Crippen molar-refractivity contribution in [2.24, 2.45) is 0 Å². The Bertz CT molecular complexity index is 729. The number of urea groups is 1. The molecule has 1 saturated heterocycles. The van der Waals surface area contributed by atoms with Crippen molar-refractivity contribution in [3.63, 3.8) is 0 Å². The Kier molecular flexibility index (Phi) is 4.29. The molecule has 1 unspecified atom stereocenters. The van der Waals surface area contributed by atoms with Crippen molar-refractivity contribution >= 4 is 17.6 Å². The van der Waals surface area contributed by atoms with Crippen molar-refractivity contribution in [3.8, 4) is 5.75 Å². The fourth-order valence-corrected chi connectivity index (χ4v) is 4.75. The van der Waals surface area contributed by atoms with Gasteiger partial charge in [0.15, 0.2) is 0 Å². The fraction of sp³-hybridized carbons (Fsp3) is 0.600. The van der Waals surface area contributed by atoms with E-state index in [1.165, 1.54) is 19.3 Å². The molecule has 26 heavy (non-hydrogen) atoms. The minimum atomic E-state index is -0.636. The van der Waals surface area contributed by atoms with Crippen LogP contribution in [0.3, 0.4) is 0 Å². The van der Waals surface area contributed by atoms with Crippen molar-refractivity contribution in [3.05, 3.63) is 23.8 Å². The summed E-state index contributed by atoms with van der Waals surface area (Å²) in [7, 11) is 3.45. The van der Waals surface area contributed by atoms with Gasteiger partial charge in [-0.15, -0.1) is 0 Å². The number of methoxy groups -OCH3 is 1. The third-order valence-electron chi connectivity index (χ3n) is 6.28. The van der Waals surface area contributed by atoms with Crippen molar-refractivity contribution < 1.29 is 14.3 Å². The van der Waals surface area contributed by atoms with Gasteiger partial charge in [-0.1, -0.05) is 19.3 Å². The molecule has 6 nitrogen and oxygen atoms in total. The Labute approximate surface area is 154 Å². The second-order valence-corrected chi connectivity index (χ2v) is 7.79. The maximum Gasteiger partial charge on any atom is 0.317 e. The van der Waals surface area contributed by atoms with Crippen molar-refractivity contribution in [1.29, 1.82) is 0 Å². The predicted molar refractivity (Wildman–Crippen MR) is 99.7 cm³/mol. The first-order valence-corrected chi connectivity index (χ1v) is 9.57. The first kappa shape index (κ1) is 17.2. The molecule has 3 aliphatic rings. The van der Waals surface area contributed by atoms with Crippen LogP contribution in [0.15, 0.2) is 18.2 Å². The Morgan fingerprint density at radius 2 is 2.04 bits per heavy atom. The first-order valence-electron chi connectivity index (χ1n) is 9.57. The van der Waals surface area contributed by atoms with Gasteiger partial charge in [0.05, 0.1) is 12.5 Å². The zero-order valence-corrected chi connectivity index (χ0v) is 15.6. The molecule has 1 atom stereocenters. The van der Waals surface area contributed by atoms with Crippen LogP contribution in [0.1, 0.15) is 44.1 Å². The van der Waals surface area contributed by atoms with E-state index in [-0.39, 0.29) is 18.0 Å². The molecule has 2 heterocycles. The molecule has 1 N–H and O–H groups in total. The van der Waals surface area contributed by atoms with Gasteiger partial charge < -0.3 is 19.9 Å². The highest BCUT2D eigenvalue weighted by Crippen LogP contribution is 2.47. The van der Waals surface area contributed by atoms with E-state index in [9.17, 15) is 9.59 Å². The van der Waals surface area contributed by atoms with E-state index in [2.05, 4.69) is 5.32 Å². The van der Waals surface area contributed by atoms with Crippen LogP contribution in [0.5, 0.6) is 5.75 Å². The van der Waals surface area contributed by atoms with Crippen LogP contribution in [-0.4, -0.2) is 50.1 Å². The van der Waals surface area contributed by atoms with Gasteiger partial charge in [-0.25, -0.2) is 4.79 Å². The molecule has 3 amide bonds. The van der Waals surface area contributed by atoms with Gasteiger partial charge in [0, 0.05) is 31.9 Å². The largest absolute Gasteiger partial charge is 0.497 e. The summed E-state index contributed by atoms with van der Waals surface area (Å²) in [6.45, 7) is 1.05. The van der Waals surface area contributed by atoms with E-state index >= 15 is 0 Å². The van der Waals surface area contributed by atoms with Gasteiger partial charge in [-0.2, -0.15) is 0 Å². The topological polar surface area (TPSA) is 61.9 Å². The molecule has 1 spiro atoms.